The van der Waals surface area contributed by atoms with Gasteiger partial charge < -0.3 is 4.74 Å². The molecular formula is C11H13N5O2. The molecular weight excluding hydrogens is 234 g/mol. The number of amides is 1. The maximum Gasteiger partial charge on any atom is 0.258 e. The average molecular weight is 247 g/mol. The van der Waals surface area contributed by atoms with Crippen molar-refractivity contribution in [1.82, 2.24) is 20.2 Å². The van der Waals surface area contributed by atoms with Crippen molar-refractivity contribution in [2.24, 2.45) is 7.05 Å². The Bertz CT molecular complexity index is 552. The van der Waals surface area contributed by atoms with E-state index in [9.17, 15) is 4.79 Å². The number of nitrogens with one attached hydrogen (secondary N) is 1. The first kappa shape index (κ1) is 12.0. The normalized spacial score (nSPS) is 10.1. The van der Waals surface area contributed by atoms with Gasteiger partial charge in [-0.15, -0.1) is 0 Å². The van der Waals surface area contributed by atoms with Crippen molar-refractivity contribution < 1.29 is 9.53 Å². The van der Waals surface area contributed by atoms with Gasteiger partial charge in [-0.2, -0.15) is 0 Å². The minimum atomic E-state index is -0.283. The number of carbonyl (C=O) groups excluding carboxylic acids is 1. The number of ether oxygens (including phenoxy) is 1. The van der Waals surface area contributed by atoms with Crippen LogP contribution in [0.2, 0.25) is 0 Å². The molecule has 1 amide bonds. The minimum Gasteiger partial charge on any atom is -0.494 e. The molecule has 0 unspecified atom stereocenters. The topological polar surface area (TPSA) is 81.9 Å². The molecule has 0 saturated heterocycles. The van der Waals surface area contributed by atoms with Gasteiger partial charge in [-0.25, -0.2) is 4.68 Å². The Labute approximate surface area is 104 Å². The predicted octanol–water partition coefficient (Wildman–Crippen LogP) is 0.861. The fraction of sp³-hybridized carbons (Fsp3) is 0.273. The van der Waals surface area contributed by atoms with Crippen LogP contribution in [0.25, 0.3) is 0 Å². The van der Waals surface area contributed by atoms with Gasteiger partial charge in [-0.05, 0) is 35.5 Å². The van der Waals surface area contributed by atoms with E-state index in [1.807, 2.05) is 6.92 Å². The van der Waals surface area contributed by atoms with Gasteiger partial charge in [0.1, 0.15) is 5.75 Å². The van der Waals surface area contributed by atoms with E-state index in [0.29, 0.717) is 23.9 Å². The van der Waals surface area contributed by atoms with E-state index in [4.69, 9.17) is 4.74 Å². The van der Waals surface area contributed by atoms with E-state index in [1.54, 1.807) is 31.3 Å². The molecule has 0 aliphatic carbocycles. The average Bonchev–Trinajstić information content (AvgIpc) is 2.76. The molecule has 0 bridgehead atoms. The highest BCUT2D eigenvalue weighted by atomic mass is 16.5. The molecule has 0 fully saturated rings. The number of anilines is 1. The van der Waals surface area contributed by atoms with Crippen molar-refractivity contribution in [3.05, 3.63) is 29.8 Å². The summed E-state index contributed by atoms with van der Waals surface area (Å²) in [6, 6.07) is 6.92. The molecule has 0 saturated carbocycles. The van der Waals surface area contributed by atoms with Crippen molar-refractivity contribution in [2.45, 2.75) is 6.92 Å². The number of aromatic nitrogens is 4. The summed E-state index contributed by atoms with van der Waals surface area (Å²) in [6.45, 7) is 2.44. The molecule has 0 spiro atoms. The van der Waals surface area contributed by atoms with Crippen LogP contribution >= 0.6 is 0 Å². The zero-order valence-electron chi connectivity index (χ0n) is 10.1. The van der Waals surface area contributed by atoms with Crippen molar-refractivity contribution in [3.8, 4) is 5.75 Å². The Morgan fingerprint density at radius 2 is 2.33 bits per heavy atom. The van der Waals surface area contributed by atoms with E-state index in [-0.39, 0.29) is 5.91 Å². The quantitative estimate of drug-likeness (QED) is 0.866. The van der Waals surface area contributed by atoms with Crippen LogP contribution in [-0.2, 0) is 7.05 Å². The fourth-order valence-corrected chi connectivity index (χ4v) is 1.40. The molecule has 2 rings (SSSR count). The van der Waals surface area contributed by atoms with E-state index >= 15 is 0 Å². The lowest BCUT2D eigenvalue weighted by Gasteiger charge is -2.06. The first-order valence-electron chi connectivity index (χ1n) is 5.47. The smallest absolute Gasteiger partial charge is 0.258 e. The molecule has 18 heavy (non-hydrogen) atoms. The van der Waals surface area contributed by atoms with E-state index in [1.165, 1.54) is 4.68 Å². The molecule has 94 valence electrons. The number of carbonyl (C=O) groups is 1. The highest BCUT2D eigenvalue weighted by Gasteiger charge is 2.10. The van der Waals surface area contributed by atoms with Crippen LogP contribution < -0.4 is 10.1 Å². The van der Waals surface area contributed by atoms with E-state index < -0.39 is 0 Å². The zero-order chi connectivity index (χ0) is 13.0. The van der Waals surface area contributed by atoms with Gasteiger partial charge in [0.2, 0.25) is 5.95 Å². The second-order valence-electron chi connectivity index (χ2n) is 3.54. The Hall–Kier alpha value is -2.44. The summed E-state index contributed by atoms with van der Waals surface area (Å²) < 4.78 is 6.71. The molecule has 7 heteroatoms. The number of hydrogen-bond donors (Lipinski definition) is 1. The number of hydrogen-bond acceptors (Lipinski definition) is 5. The van der Waals surface area contributed by atoms with Crippen LogP contribution in [0.1, 0.15) is 17.3 Å². The van der Waals surface area contributed by atoms with Crippen LogP contribution in [0.4, 0.5) is 5.95 Å². The van der Waals surface area contributed by atoms with Gasteiger partial charge in [0.25, 0.3) is 5.91 Å². The molecule has 0 aliphatic heterocycles. The summed E-state index contributed by atoms with van der Waals surface area (Å²) in [6.07, 6.45) is 0. The van der Waals surface area contributed by atoms with Crippen LogP contribution in [-0.4, -0.2) is 32.7 Å². The Balaban J connectivity index is 2.14. The lowest BCUT2D eigenvalue weighted by Crippen LogP contribution is -2.15. The summed E-state index contributed by atoms with van der Waals surface area (Å²) in [4.78, 5) is 11.9. The molecule has 1 aromatic carbocycles. The van der Waals surface area contributed by atoms with E-state index in [0.717, 1.165) is 0 Å². The second-order valence-corrected chi connectivity index (χ2v) is 3.54. The lowest BCUT2D eigenvalue weighted by atomic mass is 10.2. The number of nitrogens with zero attached hydrogens (tertiary/aromatic N) is 4. The summed E-state index contributed by atoms with van der Waals surface area (Å²) in [5.41, 5.74) is 0.490. The Kier molecular flexibility index (Phi) is 3.52. The third-order valence-corrected chi connectivity index (χ3v) is 2.25. The largest absolute Gasteiger partial charge is 0.494 e. The second kappa shape index (κ2) is 5.26. The highest BCUT2D eigenvalue weighted by Crippen LogP contribution is 2.14. The first-order chi connectivity index (χ1) is 8.70. The first-order valence-corrected chi connectivity index (χ1v) is 5.47. The number of tetrazole rings is 1. The molecule has 0 atom stereocenters. The van der Waals surface area contributed by atoms with Crippen molar-refractivity contribution in [1.29, 1.82) is 0 Å². The van der Waals surface area contributed by atoms with Gasteiger partial charge >= 0.3 is 0 Å². The lowest BCUT2D eigenvalue weighted by molar-refractivity contribution is 0.102. The van der Waals surface area contributed by atoms with Gasteiger partial charge in [0, 0.05) is 12.6 Å². The maximum atomic E-state index is 11.9. The van der Waals surface area contributed by atoms with Crippen molar-refractivity contribution >= 4 is 11.9 Å². The van der Waals surface area contributed by atoms with Gasteiger partial charge in [0.15, 0.2) is 0 Å². The van der Waals surface area contributed by atoms with Gasteiger partial charge in [-0.1, -0.05) is 11.2 Å². The molecule has 1 aromatic heterocycles. The molecule has 7 nitrogen and oxygen atoms in total. The fourth-order valence-electron chi connectivity index (χ4n) is 1.40. The minimum absolute atomic E-state index is 0.283. The molecule has 0 aliphatic rings. The van der Waals surface area contributed by atoms with Crippen LogP contribution in [0.15, 0.2) is 24.3 Å². The molecule has 2 aromatic rings. The predicted molar refractivity (Wildman–Crippen MR) is 64.4 cm³/mol. The van der Waals surface area contributed by atoms with Crippen molar-refractivity contribution in [2.75, 3.05) is 11.9 Å². The Morgan fingerprint density at radius 3 is 3.00 bits per heavy atom. The molecule has 1 heterocycles. The van der Waals surface area contributed by atoms with Gasteiger partial charge in [-0.3, -0.25) is 10.1 Å². The summed E-state index contributed by atoms with van der Waals surface area (Å²) in [5, 5.41) is 13.4. The molecule has 0 radical (unpaired) electrons. The number of benzene rings is 1. The third-order valence-electron chi connectivity index (χ3n) is 2.25. The molecule has 1 N–H and O–H groups in total. The summed E-state index contributed by atoms with van der Waals surface area (Å²) in [5.74, 6) is 0.664. The van der Waals surface area contributed by atoms with E-state index in [2.05, 4.69) is 20.8 Å². The zero-order valence-corrected chi connectivity index (χ0v) is 10.1. The number of rotatable bonds is 4. The Morgan fingerprint density at radius 1 is 1.50 bits per heavy atom. The number of aryl methyl sites for hydroxylation is 1. The monoisotopic (exact) mass is 247 g/mol. The SMILES string of the molecule is CCOc1cccc(C(=O)Nc2nnnn2C)c1. The van der Waals surface area contributed by atoms with Gasteiger partial charge in [0.05, 0.1) is 6.61 Å². The maximum absolute atomic E-state index is 11.9. The summed E-state index contributed by atoms with van der Waals surface area (Å²) >= 11 is 0. The standard InChI is InChI=1S/C11H13N5O2/c1-3-18-9-6-4-5-8(7-9)10(17)12-11-13-14-15-16(11)2/h4-7H,3H2,1-2H3,(H,12,13,15,17). The van der Waals surface area contributed by atoms with Crippen molar-refractivity contribution in [3.63, 3.8) is 0 Å². The third kappa shape index (κ3) is 2.62. The van der Waals surface area contributed by atoms with Crippen LogP contribution in [0.3, 0.4) is 0 Å². The van der Waals surface area contributed by atoms with Crippen LogP contribution in [0, 0.1) is 0 Å². The van der Waals surface area contributed by atoms with Crippen LogP contribution in [0.5, 0.6) is 5.75 Å². The summed E-state index contributed by atoms with van der Waals surface area (Å²) in [7, 11) is 1.65. The highest BCUT2D eigenvalue weighted by molar-refractivity contribution is 6.03.